The van der Waals surface area contributed by atoms with E-state index in [2.05, 4.69) is 15.5 Å². The third-order valence-electron chi connectivity index (χ3n) is 3.35. The van der Waals surface area contributed by atoms with Gasteiger partial charge < -0.3 is 19.9 Å². The number of primary amides is 1. The van der Waals surface area contributed by atoms with E-state index in [0.717, 1.165) is 22.2 Å². The molecule has 0 fully saturated rings. The summed E-state index contributed by atoms with van der Waals surface area (Å²) >= 11 is 2.40. The number of hydrogen-bond acceptors (Lipinski definition) is 8. The van der Waals surface area contributed by atoms with Crippen molar-refractivity contribution < 1.29 is 18.4 Å². The zero-order chi connectivity index (χ0) is 19.2. The fourth-order valence-corrected chi connectivity index (χ4v) is 3.45. The summed E-state index contributed by atoms with van der Waals surface area (Å²) in [7, 11) is 0. The molecule has 0 saturated heterocycles. The second-order valence-electron chi connectivity index (χ2n) is 5.35. The quantitative estimate of drug-likeness (QED) is 0.549. The van der Waals surface area contributed by atoms with Crippen molar-refractivity contribution in [3.63, 3.8) is 0 Å². The lowest BCUT2D eigenvalue weighted by Gasteiger charge is -2.09. The molecule has 3 N–H and O–H groups in total. The molecule has 8 nitrogen and oxygen atoms in total. The average molecular weight is 404 g/mol. The van der Waals surface area contributed by atoms with E-state index in [4.69, 9.17) is 14.6 Å². The molecule has 2 aromatic heterocycles. The molecule has 27 heavy (non-hydrogen) atoms. The summed E-state index contributed by atoms with van der Waals surface area (Å²) in [6.07, 6.45) is 1.54. The van der Waals surface area contributed by atoms with Crippen LogP contribution < -0.4 is 11.1 Å². The minimum Gasteiger partial charge on any atom is -0.469 e. The van der Waals surface area contributed by atoms with Gasteiger partial charge in [0.2, 0.25) is 11.8 Å². The lowest BCUT2D eigenvalue weighted by molar-refractivity contribution is -0.115. The van der Waals surface area contributed by atoms with E-state index in [9.17, 15) is 9.59 Å². The van der Waals surface area contributed by atoms with Gasteiger partial charge in [0.15, 0.2) is 0 Å². The van der Waals surface area contributed by atoms with Crippen LogP contribution >= 0.6 is 23.5 Å². The van der Waals surface area contributed by atoms with Gasteiger partial charge in [0, 0.05) is 4.90 Å². The molecular formula is C17H16N4O4S2. The van der Waals surface area contributed by atoms with Gasteiger partial charge in [0.05, 0.1) is 29.0 Å². The van der Waals surface area contributed by atoms with Crippen molar-refractivity contribution in [2.24, 2.45) is 5.73 Å². The molecule has 0 aliphatic carbocycles. The molecule has 0 spiro atoms. The Hall–Kier alpha value is -2.72. The number of aromatic nitrogens is 2. The number of hydrogen-bond donors (Lipinski definition) is 2. The Kier molecular flexibility index (Phi) is 6.20. The third kappa shape index (κ3) is 5.14. The number of anilines is 1. The van der Waals surface area contributed by atoms with E-state index < -0.39 is 5.91 Å². The largest absolute Gasteiger partial charge is 0.469 e. The van der Waals surface area contributed by atoms with Gasteiger partial charge in [-0.1, -0.05) is 23.9 Å². The number of nitrogens with two attached hydrogens (primary N) is 1. The molecule has 140 valence electrons. The number of carbonyl (C=O) groups is 2. The van der Waals surface area contributed by atoms with E-state index in [-0.39, 0.29) is 22.6 Å². The Labute approximate surface area is 163 Å². The van der Waals surface area contributed by atoms with Crippen LogP contribution in [0.1, 0.15) is 5.76 Å². The topological polar surface area (TPSA) is 124 Å². The van der Waals surface area contributed by atoms with Gasteiger partial charge in [0.1, 0.15) is 5.76 Å². The van der Waals surface area contributed by atoms with E-state index >= 15 is 0 Å². The fourth-order valence-electron chi connectivity index (χ4n) is 2.14. The molecule has 0 radical (unpaired) electrons. The van der Waals surface area contributed by atoms with Crippen LogP contribution in [0.15, 0.2) is 55.5 Å². The monoisotopic (exact) mass is 404 g/mol. The van der Waals surface area contributed by atoms with Gasteiger partial charge in [0.25, 0.3) is 11.1 Å². The minimum absolute atomic E-state index is 0.0980. The van der Waals surface area contributed by atoms with Crippen molar-refractivity contribution in [2.45, 2.75) is 17.0 Å². The molecule has 10 heteroatoms. The van der Waals surface area contributed by atoms with Crippen LogP contribution in [0.3, 0.4) is 0 Å². The predicted octanol–water partition coefficient (Wildman–Crippen LogP) is 2.95. The van der Waals surface area contributed by atoms with E-state index in [1.807, 2.05) is 12.1 Å². The Morgan fingerprint density at radius 1 is 1.15 bits per heavy atom. The van der Waals surface area contributed by atoms with Gasteiger partial charge in [-0.2, -0.15) is 0 Å². The van der Waals surface area contributed by atoms with Crippen molar-refractivity contribution in [2.75, 3.05) is 16.8 Å². The molecule has 0 saturated carbocycles. The summed E-state index contributed by atoms with van der Waals surface area (Å²) in [5.41, 5.74) is 6.51. The summed E-state index contributed by atoms with van der Waals surface area (Å²) in [5, 5.41) is 11.0. The summed E-state index contributed by atoms with van der Waals surface area (Å²) in [4.78, 5) is 24.0. The number of nitrogens with one attached hydrogen (secondary N) is 1. The number of aryl methyl sites for hydroxylation is 1. The number of benzene rings is 1. The first-order valence-corrected chi connectivity index (χ1v) is 9.81. The van der Waals surface area contributed by atoms with E-state index in [1.165, 1.54) is 11.8 Å². The van der Waals surface area contributed by atoms with E-state index in [0.29, 0.717) is 17.3 Å². The van der Waals surface area contributed by atoms with Crippen molar-refractivity contribution in [1.82, 2.24) is 10.2 Å². The standard InChI is InChI=1S/C17H16N4O4S2/c1-10-11(6-7-24-10)16-20-21-17(25-16)27-9-15(23)19-12-4-2-3-5-13(12)26-8-14(18)22/h2-7H,8-9H2,1H3,(H2,18,22)(H,19,23). The van der Waals surface area contributed by atoms with Crippen LogP contribution in [0.2, 0.25) is 0 Å². The molecule has 0 aliphatic heterocycles. The van der Waals surface area contributed by atoms with Crippen LogP contribution in [-0.2, 0) is 9.59 Å². The maximum Gasteiger partial charge on any atom is 0.277 e. The zero-order valence-electron chi connectivity index (χ0n) is 14.3. The number of rotatable bonds is 8. The first kappa shape index (κ1) is 19.1. The van der Waals surface area contributed by atoms with Gasteiger partial charge >= 0.3 is 0 Å². The summed E-state index contributed by atoms with van der Waals surface area (Å²) in [6.45, 7) is 1.80. The average Bonchev–Trinajstić information content (AvgIpc) is 3.27. The maximum absolute atomic E-state index is 12.2. The Bertz CT molecular complexity index is 954. The number of furan rings is 1. The molecule has 3 rings (SSSR count). The maximum atomic E-state index is 12.2. The zero-order valence-corrected chi connectivity index (χ0v) is 15.9. The van der Waals surface area contributed by atoms with Crippen molar-refractivity contribution in [1.29, 1.82) is 0 Å². The van der Waals surface area contributed by atoms with Gasteiger partial charge in [-0.15, -0.1) is 22.0 Å². The predicted molar refractivity (Wildman–Crippen MR) is 102 cm³/mol. The number of thioether (sulfide) groups is 2. The molecule has 0 aliphatic rings. The molecule has 3 aromatic rings. The number of carbonyl (C=O) groups excluding carboxylic acids is 2. The molecule has 2 heterocycles. The van der Waals surface area contributed by atoms with Crippen molar-refractivity contribution in [3.8, 4) is 11.5 Å². The summed E-state index contributed by atoms with van der Waals surface area (Å²) in [5.74, 6) is 0.610. The number of amides is 2. The highest BCUT2D eigenvalue weighted by atomic mass is 32.2. The van der Waals surface area contributed by atoms with Crippen LogP contribution in [0.5, 0.6) is 0 Å². The molecule has 0 bridgehead atoms. The van der Waals surface area contributed by atoms with Crippen LogP contribution in [0.4, 0.5) is 5.69 Å². The van der Waals surface area contributed by atoms with Gasteiger partial charge in [-0.05, 0) is 25.1 Å². The number of para-hydroxylation sites is 1. The first-order chi connectivity index (χ1) is 13.0. The van der Waals surface area contributed by atoms with Gasteiger partial charge in [-0.25, -0.2) is 0 Å². The second-order valence-corrected chi connectivity index (χ2v) is 7.30. The highest BCUT2D eigenvalue weighted by Gasteiger charge is 2.15. The smallest absolute Gasteiger partial charge is 0.277 e. The van der Waals surface area contributed by atoms with Gasteiger partial charge in [-0.3, -0.25) is 9.59 Å². The van der Waals surface area contributed by atoms with Crippen molar-refractivity contribution >= 4 is 41.0 Å². The molecule has 1 aromatic carbocycles. The summed E-state index contributed by atoms with van der Waals surface area (Å²) < 4.78 is 10.8. The Morgan fingerprint density at radius 2 is 1.96 bits per heavy atom. The van der Waals surface area contributed by atoms with Crippen molar-refractivity contribution in [3.05, 3.63) is 42.4 Å². The lowest BCUT2D eigenvalue weighted by atomic mass is 10.3. The molecule has 2 amide bonds. The normalized spacial score (nSPS) is 10.7. The highest BCUT2D eigenvalue weighted by molar-refractivity contribution is 8.00. The molecule has 0 atom stereocenters. The molecular weight excluding hydrogens is 388 g/mol. The summed E-state index contributed by atoms with van der Waals surface area (Å²) in [6, 6.07) is 8.94. The second kappa shape index (κ2) is 8.78. The number of nitrogens with zero attached hydrogens (tertiary/aromatic N) is 2. The van der Waals surface area contributed by atoms with Crippen LogP contribution in [0.25, 0.3) is 11.5 Å². The fraction of sp³-hybridized carbons (Fsp3) is 0.176. The Morgan fingerprint density at radius 3 is 2.70 bits per heavy atom. The lowest BCUT2D eigenvalue weighted by Crippen LogP contribution is -2.16. The minimum atomic E-state index is -0.420. The van der Waals surface area contributed by atoms with E-state index in [1.54, 1.807) is 31.4 Å². The third-order valence-corrected chi connectivity index (χ3v) is 5.27. The molecule has 0 unspecified atom stereocenters. The van der Waals surface area contributed by atoms with Crippen LogP contribution in [-0.4, -0.2) is 33.5 Å². The highest BCUT2D eigenvalue weighted by Crippen LogP contribution is 2.28. The Balaban J connectivity index is 1.57. The first-order valence-electron chi connectivity index (χ1n) is 7.83. The van der Waals surface area contributed by atoms with Crippen LogP contribution in [0, 0.1) is 6.92 Å². The SMILES string of the molecule is Cc1occc1-c1nnc(SCC(=O)Nc2ccccc2SCC(N)=O)o1.